The fraction of sp³-hybridized carbons (Fsp3) is 0.0769. The molecule has 174 valence electrons. The van der Waals surface area contributed by atoms with Crippen LogP contribution in [-0.2, 0) is 6.11 Å². The van der Waals surface area contributed by atoms with Crippen LogP contribution in [0.4, 0.5) is 30.7 Å². The highest BCUT2D eigenvalue weighted by Gasteiger charge is 2.41. The summed E-state index contributed by atoms with van der Waals surface area (Å²) in [4.78, 5) is 0. The fourth-order valence-corrected chi connectivity index (χ4v) is 3.41. The highest BCUT2D eigenvalue weighted by Crippen LogP contribution is 2.38. The van der Waals surface area contributed by atoms with Crippen molar-refractivity contribution in [2.24, 2.45) is 0 Å². The van der Waals surface area contributed by atoms with Crippen molar-refractivity contribution < 1.29 is 35.5 Å². The van der Waals surface area contributed by atoms with Crippen LogP contribution in [0.1, 0.15) is 11.1 Å². The Kier molecular flexibility index (Phi) is 6.08. The summed E-state index contributed by atoms with van der Waals surface area (Å²) >= 11 is 0. The molecule has 0 saturated heterocycles. The smallest absolute Gasteiger partial charge is 0.429 e. The summed E-state index contributed by atoms with van der Waals surface area (Å²) in [5.74, 6) is -9.90. The summed E-state index contributed by atoms with van der Waals surface area (Å²) in [5, 5.41) is 0. The molecule has 0 radical (unpaired) electrons. The standard InChI is InChI=1S/C26H15F7O/c1-14-2-4-15(5-3-14)16-6-8-17(9-7-16)18-10-20(27)24(21(28)11-18)26(32,33)34-19-12-22(29)25(31)23(30)13-19/h2-13H,1H3. The van der Waals surface area contributed by atoms with Gasteiger partial charge in [-0.2, -0.15) is 8.78 Å². The van der Waals surface area contributed by atoms with Gasteiger partial charge in [-0.3, -0.25) is 0 Å². The Morgan fingerprint density at radius 1 is 0.559 bits per heavy atom. The first kappa shape index (κ1) is 23.4. The van der Waals surface area contributed by atoms with E-state index in [2.05, 4.69) is 4.74 Å². The van der Waals surface area contributed by atoms with Gasteiger partial charge in [0.2, 0.25) is 0 Å². The maximum absolute atomic E-state index is 14.6. The summed E-state index contributed by atoms with van der Waals surface area (Å²) in [6.45, 7) is 1.95. The van der Waals surface area contributed by atoms with Gasteiger partial charge < -0.3 is 4.74 Å². The first-order chi connectivity index (χ1) is 16.0. The van der Waals surface area contributed by atoms with E-state index in [4.69, 9.17) is 0 Å². The molecular formula is C26H15F7O. The SMILES string of the molecule is Cc1ccc(-c2ccc(-c3cc(F)c(C(F)(F)Oc4cc(F)c(F)c(F)c4)c(F)c3)cc2)cc1. The highest BCUT2D eigenvalue weighted by atomic mass is 19.3. The lowest BCUT2D eigenvalue weighted by Crippen LogP contribution is -2.25. The van der Waals surface area contributed by atoms with Crippen LogP contribution in [0.15, 0.2) is 72.8 Å². The first-order valence-electron chi connectivity index (χ1n) is 9.93. The van der Waals surface area contributed by atoms with Crippen molar-refractivity contribution in [2.45, 2.75) is 13.0 Å². The van der Waals surface area contributed by atoms with Gasteiger partial charge in [0.05, 0.1) is 0 Å². The van der Waals surface area contributed by atoms with E-state index < -0.39 is 46.5 Å². The van der Waals surface area contributed by atoms with Gasteiger partial charge in [0.1, 0.15) is 22.9 Å². The Morgan fingerprint density at radius 3 is 1.44 bits per heavy atom. The van der Waals surface area contributed by atoms with E-state index >= 15 is 0 Å². The van der Waals surface area contributed by atoms with Crippen molar-refractivity contribution in [1.29, 1.82) is 0 Å². The molecule has 0 spiro atoms. The second-order valence-corrected chi connectivity index (χ2v) is 7.58. The molecule has 0 aliphatic rings. The second kappa shape index (κ2) is 8.85. The summed E-state index contributed by atoms with van der Waals surface area (Å²) in [5.41, 5.74) is 1.46. The number of benzene rings is 4. The molecule has 4 aromatic carbocycles. The molecule has 1 nitrogen and oxygen atoms in total. The molecule has 34 heavy (non-hydrogen) atoms. The molecule has 0 aromatic heterocycles. The average Bonchev–Trinajstić information content (AvgIpc) is 2.77. The number of alkyl halides is 2. The minimum absolute atomic E-state index is 0.0103. The third-order valence-electron chi connectivity index (χ3n) is 5.14. The molecule has 4 aromatic rings. The van der Waals surface area contributed by atoms with Gasteiger partial charge in [-0.15, -0.1) is 0 Å². The van der Waals surface area contributed by atoms with E-state index in [-0.39, 0.29) is 17.7 Å². The number of rotatable bonds is 5. The van der Waals surface area contributed by atoms with Gasteiger partial charge in [-0.1, -0.05) is 54.1 Å². The quantitative estimate of drug-likeness (QED) is 0.209. The lowest BCUT2D eigenvalue weighted by molar-refractivity contribution is -0.189. The van der Waals surface area contributed by atoms with Crippen LogP contribution in [0.3, 0.4) is 0 Å². The number of aryl methyl sites for hydroxylation is 1. The third-order valence-corrected chi connectivity index (χ3v) is 5.14. The summed E-state index contributed by atoms with van der Waals surface area (Å²) in [6, 6.07) is 16.0. The Hall–Kier alpha value is -3.81. The van der Waals surface area contributed by atoms with Crippen molar-refractivity contribution in [3.8, 4) is 28.0 Å². The third kappa shape index (κ3) is 4.62. The van der Waals surface area contributed by atoms with Crippen molar-refractivity contribution in [2.75, 3.05) is 0 Å². The summed E-state index contributed by atoms with van der Waals surface area (Å²) in [7, 11) is 0. The van der Waals surface area contributed by atoms with Crippen LogP contribution in [0, 0.1) is 36.0 Å². The lowest BCUT2D eigenvalue weighted by Gasteiger charge is -2.20. The topological polar surface area (TPSA) is 9.23 Å². The molecule has 0 aliphatic carbocycles. The van der Waals surface area contributed by atoms with Gasteiger partial charge in [0.25, 0.3) is 0 Å². The van der Waals surface area contributed by atoms with Gasteiger partial charge in [-0.05, 0) is 41.3 Å². The van der Waals surface area contributed by atoms with Crippen LogP contribution in [0.2, 0.25) is 0 Å². The van der Waals surface area contributed by atoms with E-state index in [9.17, 15) is 30.7 Å². The van der Waals surface area contributed by atoms with Crippen molar-refractivity contribution in [3.05, 3.63) is 113 Å². The number of halogens is 7. The van der Waals surface area contributed by atoms with Crippen molar-refractivity contribution >= 4 is 0 Å². The van der Waals surface area contributed by atoms with Crippen LogP contribution < -0.4 is 4.74 Å². The zero-order chi connectivity index (χ0) is 24.6. The van der Waals surface area contributed by atoms with Gasteiger partial charge >= 0.3 is 6.11 Å². The number of hydrogen-bond donors (Lipinski definition) is 0. The van der Waals surface area contributed by atoms with Crippen molar-refractivity contribution in [3.63, 3.8) is 0 Å². The van der Waals surface area contributed by atoms with Crippen LogP contribution in [-0.4, -0.2) is 0 Å². The fourth-order valence-electron chi connectivity index (χ4n) is 3.41. The summed E-state index contributed by atoms with van der Waals surface area (Å²) < 4.78 is 102. The van der Waals surface area contributed by atoms with Crippen LogP contribution in [0.5, 0.6) is 5.75 Å². The molecular weight excluding hydrogens is 461 g/mol. The Bertz CT molecular complexity index is 1300. The van der Waals surface area contributed by atoms with E-state index in [1.165, 1.54) is 0 Å². The van der Waals surface area contributed by atoms with E-state index in [0.717, 1.165) is 16.7 Å². The zero-order valence-electron chi connectivity index (χ0n) is 17.5. The largest absolute Gasteiger partial charge is 0.432 e. The molecule has 0 atom stereocenters. The van der Waals surface area contributed by atoms with Gasteiger partial charge in [-0.25, -0.2) is 22.0 Å². The monoisotopic (exact) mass is 476 g/mol. The maximum atomic E-state index is 14.6. The van der Waals surface area contributed by atoms with Crippen LogP contribution >= 0.6 is 0 Å². The highest BCUT2D eigenvalue weighted by molar-refractivity contribution is 5.71. The Balaban J connectivity index is 1.63. The minimum Gasteiger partial charge on any atom is -0.429 e. The molecule has 0 N–H and O–H groups in total. The molecule has 0 heterocycles. The van der Waals surface area contributed by atoms with E-state index in [1.807, 2.05) is 31.2 Å². The number of ether oxygens (including phenoxy) is 1. The Morgan fingerprint density at radius 2 is 0.971 bits per heavy atom. The molecule has 0 unspecified atom stereocenters. The molecule has 0 fully saturated rings. The lowest BCUT2D eigenvalue weighted by atomic mass is 9.98. The molecule has 8 heteroatoms. The number of hydrogen-bond acceptors (Lipinski definition) is 1. The van der Waals surface area contributed by atoms with E-state index in [1.54, 1.807) is 24.3 Å². The van der Waals surface area contributed by atoms with Crippen molar-refractivity contribution in [1.82, 2.24) is 0 Å². The second-order valence-electron chi connectivity index (χ2n) is 7.58. The zero-order valence-corrected chi connectivity index (χ0v) is 17.5. The first-order valence-corrected chi connectivity index (χ1v) is 9.93. The van der Waals surface area contributed by atoms with Crippen LogP contribution in [0.25, 0.3) is 22.3 Å². The minimum atomic E-state index is -4.64. The summed E-state index contributed by atoms with van der Waals surface area (Å²) in [6.07, 6.45) is -4.64. The van der Waals surface area contributed by atoms with E-state index in [0.29, 0.717) is 17.7 Å². The molecule has 0 bridgehead atoms. The predicted molar refractivity (Wildman–Crippen MR) is 113 cm³/mol. The molecule has 0 amide bonds. The van der Waals surface area contributed by atoms with Gasteiger partial charge in [0, 0.05) is 12.1 Å². The molecule has 4 rings (SSSR count). The molecule has 0 aliphatic heterocycles. The average molecular weight is 476 g/mol. The van der Waals surface area contributed by atoms with Gasteiger partial charge in [0.15, 0.2) is 17.5 Å². The Labute approximate surface area is 190 Å². The molecule has 0 saturated carbocycles. The normalized spacial score (nSPS) is 11.5. The predicted octanol–water partition coefficient (Wildman–Crippen LogP) is 8.15. The maximum Gasteiger partial charge on any atom is 0.432 e.